The number of aryl methyl sites for hydroxylation is 2. The molecule has 0 aromatic carbocycles. The second-order valence-corrected chi connectivity index (χ2v) is 7.70. The van der Waals surface area contributed by atoms with Crippen LogP contribution in [0.2, 0.25) is 0 Å². The molecule has 2 aliphatic rings. The van der Waals surface area contributed by atoms with Gasteiger partial charge in [0, 0.05) is 39.0 Å². The molecule has 7 heteroatoms. The van der Waals surface area contributed by atoms with Crippen LogP contribution in [0.3, 0.4) is 0 Å². The van der Waals surface area contributed by atoms with Crippen molar-refractivity contribution in [3.05, 3.63) is 11.6 Å². The average molecular weight is 474 g/mol. The Balaban J connectivity index is 0.00000243. The van der Waals surface area contributed by atoms with Crippen molar-refractivity contribution in [1.29, 1.82) is 0 Å². The standard InChI is InChI=1S/C19H34N6.HI/c1-15-9-11-16(12-10-15)22-19(20-2)21-13-6-8-18-24-23-17-7-4-3-5-14-25(17)18;/h15-16H,3-14H2,1-2H3,(H2,20,21,22);1H. The first-order valence-electron chi connectivity index (χ1n) is 10.1. The smallest absolute Gasteiger partial charge is 0.191 e. The fraction of sp³-hybridized carbons (Fsp3) is 0.842. The SMILES string of the molecule is CN=C(NCCCc1nnc2n1CCCCC2)NC1CCC(C)CC1.I. The highest BCUT2D eigenvalue weighted by molar-refractivity contribution is 14.0. The van der Waals surface area contributed by atoms with E-state index in [1.54, 1.807) is 0 Å². The lowest BCUT2D eigenvalue weighted by Crippen LogP contribution is -2.45. The van der Waals surface area contributed by atoms with Gasteiger partial charge in [0.1, 0.15) is 11.6 Å². The Morgan fingerprint density at radius 2 is 1.96 bits per heavy atom. The lowest BCUT2D eigenvalue weighted by Gasteiger charge is -2.28. The quantitative estimate of drug-likeness (QED) is 0.298. The van der Waals surface area contributed by atoms with E-state index >= 15 is 0 Å². The van der Waals surface area contributed by atoms with Gasteiger partial charge in [0.25, 0.3) is 0 Å². The molecule has 6 nitrogen and oxygen atoms in total. The predicted molar refractivity (Wildman–Crippen MR) is 117 cm³/mol. The fourth-order valence-electron chi connectivity index (χ4n) is 3.98. The van der Waals surface area contributed by atoms with Gasteiger partial charge in [0.2, 0.25) is 0 Å². The van der Waals surface area contributed by atoms with E-state index in [1.807, 2.05) is 7.05 Å². The molecule has 0 radical (unpaired) electrons. The van der Waals surface area contributed by atoms with Gasteiger partial charge >= 0.3 is 0 Å². The van der Waals surface area contributed by atoms with Crippen LogP contribution in [0.1, 0.15) is 69.9 Å². The third kappa shape index (κ3) is 6.09. The van der Waals surface area contributed by atoms with Crippen LogP contribution in [0.4, 0.5) is 0 Å². The van der Waals surface area contributed by atoms with Crippen LogP contribution in [0, 0.1) is 5.92 Å². The molecule has 1 aromatic rings. The highest BCUT2D eigenvalue weighted by Crippen LogP contribution is 2.23. The number of rotatable bonds is 5. The van der Waals surface area contributed by atoms with E-state index in [4.69, 9.17) is 0 Å². The largest absolute Gasteiger partial charge is 0.356 e. The molecule has 0 saturated heterocycles. The fourth-order valence-corrected chi connectivity index (χ4v) is 3.98. The highest BCUT2D eigenvalue weighted by Gasteiger charge is 2.19. The number of nitrogens with zero attached hydrogens (tertiary/aromatic N) is 4. The van der Waals surface area contributed by atoms with Crippen molar-refractivity contribution in [2.24, 2.45) is 10.9 Å². The molecule has 148 valence electrons. The highest BCUT2D eigenvalue weighted by atomic mass is 127. The van der Waals surface area contributed by atoms with Crippen molar-refractivity contribution in [3.63, 3.8) is 0 Å². The summed E-state index contributed by atoms with van der Waals surface area (Å²) in [5.41, 5.74) is 0. The van der Waals surface area contributed by atoms with Crippen molar-refractivity contribution in [1.82, 2.24) is 25.4 Å². The minimum atomic E-state index is 0. The zero-order valence-corrected chi connectivity index (χ0v) is 18.7. The zero-order valence-electron chi connectivity index (χ0n) is 16.3. The van der Waals surface area contributed by atoms with E-state index < -0.39 is 0 Å². The topological polar surface area (TPSA) is 67.1 Å². The summed E-state index contributed by atoms with van der Waals surface area (Å²) in [6.07, 6.45) is 12.1. The molecule has 0 unspecified atom stereocenters. The number of nitrogens with one attached hydrogen (secondary N) is 2. The predicted octanol–water partition coefficient (Wildman–Crippen LogP) is 3.30. The third-order valence-electron chi connectivity index (χ3n) is 5.64. The summed E-state index contributed by atoms with van der Waals surface area (Å²) >= 11 is 0. The van der Waals surface area contributed by atoms with Crippen LogP contribution in [-0.2, 0) is 19.4 Å². The van der Waals surface area contributed by atoms with Crippen molar-refractivity contribution >= 4 is 29.9 Å². The lowest BCUT2D eigenvalue weighted by molar-refractivity contribution is 0.329. The van der Waals surface area contributed by atoms with E-state index in [9.17, 15) is 0 Å². The second kappa shape index (κ2) is 11.1. The molecule has 0 bridgehead atoms. The molecule has 1 fully saturated rings. The molecule has 2 heterocycles. The van der Waals surface area contributed by atoms with Crippen LogP contribution < -0.4 is 10.6 Å². The number of aromatic nitrogens is 3. The van der Waals surface area contributed by atoms with Gasteiger partial charge < -0.3 is 15.2 Å². The van der Waals surface area contributed by atoms with Gasteiger partial charge in [-0.05, 0) is 50.9 Å². The van der Waals surface area contributed by atoms with Crippen molar-refractivity contribution in [2.45, 2.75) is 83.7 Å². The van der Waals surface area contributed by atoms with Gasteiger partial charge in [-0.15, -0.1) is 34.2 Å². The Hall–Kier alpha value is -0.860. The normalized spacial score (nSPS) is 23.5. The Bertz CT molecular complexity index is 562. The van der Waals surface area contributed by atoms with Crippen LogP contribution in [-0.4, -0.2) is 40.4 Å². The molecular formula is C19H35IN6. The Morgan fingerprint density at radius 3 is 2.73 bits per heavy atom. The molecule has 1 aromatic heterocycles. The molecule has 2 N–H and O–H groups in total. The Kier molecular flexibility index (Phi) is 9.15. The van der Waals surface area contributed by atoms with E-state index in [1.165, 1.54) is 50.8 Å². The van der Waals surface area contributed by atoms with Gasteiger partial charge in [-0.3, -0.25) is 4.99 Å². The van der Waals surface area contributed by atoms with Crippen molar-refractivity contribution < 1.29 is 0 Å². The summed E-state index contributed by atoms with van der Waals surface area (Å²) < 4.78 is 2.35. The number of fused-ring (bicyclic) bond motifs is 1. The lowest BCUT2D eigenvalue weighted by atomic mass is 9.87. The third-order valence-corrected chi connectivity index (χ3v) is 5.64. The molecule has 0 atom stereocenters. The molecule has 0 spiro atoms. The zero-order chi connectivity index (χ0) is 17.5. The Labute approximate surface area is 175 Å². The number of halogens is 1. The number of hydrogen-bond donors (Lipinski definition) is 2. The van der Waals surface area contributed by atoms with Gasteiger partial charge in [-0.1, -0.05) is 13.3 Å². The summed E-state index contributed by atoms with van der Waals surface area (Å²) in [6.45, 7) is 4.37. The van der Waals surface area contributed by atoms with Gasteiger partial charge in [0.05, 0.1) is 0 Å². The molecule has 3 rings (SSSR count). The summed E-state index contributed by atoms with van der Waals surface area (Å²) in [5, 5.41) is 15.9. The monoisotopic (exact) mass is 474 g/mol. The first-order chi connectivity index (χ1) is 12.3. The van der Waals surface area contributed by atoms with Crippen molar-refractivity contribution in [3.8, 4) is 0 Å². The maximum Gasteiger partial charge on any atom is 0.191 e. The number of hydrogen-bond acceptors (Lipinski definition) is 3. The first kappa shape index (κ1) is 21.4. The van der Waals surface area contributed by atoms with Crippen LogP contribution in [0.5, 0.6) is 0 Å². The van der Waals surface area contributed by atoms with Crippen molar-refractivity contribution in [2.75, 3.05) is 13.6 Å². The van der Waals surface area contributed by atoms with E-state index in [2.05, 4.69) is 37.3 Å². The average Bonchev–Trinajstić information content (AvgIpc) is 2.86. The maximum absolute atomic E-state index is 4.42. The molecular weight excluding hydrogens is 439 g/mol. The molecule has 26 heavy (non-hydrogen) atoms. The number of guanidine groups is 1. The summed E-state index contributed by atoms with van der Waals surface area (Å²) in [4.78, 5) is 4.38. The number of aliphatic imine (C=N–C) groups is 1. The van der Waals surface area contributed by atoms with Crippen LogP contribution in [0.15, 0.2) is 4.99 Å². The van der Waals surface area contributed by atoms with Gasteiger partial charge in [-0.2, -0.15) is 0 Å². The molecule has 1 aliphatic heterocycles. The van der Waals surface area contributed by atoms with Gasteiger partial charge in [-0.25, -0.2) is 0 Å². The minimum absolute atomic E-state index is 0. The molecule has 1 saturated carbocycles. The summed E-state index contributed by atoms with van der Waals surface area (Å²) in [5.74, 6) is 4.17. The van der Waals surface area contributed by atoms with Crippen LogP contribution in [0.25, 0.3) is 0 Å². The first-order valence-corrected chi connectivity index (χ1v) is 10.1. The van der Waals surface area contributed by atoms with Crippen LogP contribution >= 0.6 is 24.0 Å². The molecule has 1 aliphatic carbocycles. The summed E-state index contributed by atoms with van der Waals surface area (Å²) in [7, 11) is 1.86. The molecule has 0 amide bonds. The van der Waals surface area contributed by atoms with Gasteiger partial charge in [0.15, 0.2) is 5.96 Å². The van der Waals surface area contributed by atoms with E-state index in [0.29, 0.717) is 6.04 Å². The van der Waals surface area contributed by atoms with E-state index in [0.717, 1.165) is 50.1 Å². The Morgan fingerprint density at radius 1 is 1.15 bits per heavy atom. The summed E-state index contributed by atoms with van der Waals surface area (Å²) in [6, 6.07) is 0.578. The minimum Gasteiger partial charge on any atom is -0.356 e. The maximum atomic E-state index is 4.42. The van der Waals surface area contributed by atoms with E-state index in [-0.39, 0.29) is 24.0 Å². The second-order valence-electron chi connectivity index (χ2n) is 7.70.